The molecule has 3 aromatic rings. The number of anilines is 1. The molecule has 25 heavy (non-hydrogen) atoms. The van der Waals surface area contributed by atoms with E-state index >= 15 is 0 Å². The molecule has 1 N–H and O–H groups in total. The van der Waals surface area contributed by atoms with Crippen molar-refractivity contribution in [1.82, 2.24) is 4.98 Å². The minimum atomic E-state index is 0.320. The predicted molar refractivity (Wildman–Crippen MR) is 108 cm³/mol. The van der Waals surface area contributed by atoms with Crippen LogP contribution in [0.1, 0.15) is 29.3 Å². The number of nitrogens with one attached hydrogen (secondary N) is 1. The van der Waals surface area contributed by atoms with Crippen LogP contribution < -0.4 is 5.32 Å². The Hall–Kier alpha value is -1.55. The van der Waals surface area contributed by atoms with Crippen molar-refractivity contribution in [2.24, 2.45) is 5.92 Å². The fourth-order valence-electron chi connectivity index (χ4n) is 3.09. The van der Waals surface area contributed by atoms with Gasteiger partial charge in [-0.05, 0) is 49.4 Å². The van der Waals surface area contributed by atoms with Crippen LogP contribution in [0, 0.1) is 12.8 Å². The van der Waals surface area contributed by atoms with Crippen LogP contribution in [0.5, 0.6) is 0 Å². The maximum Gasteiger partial charge on any atom is 0.183 e. The third-order valence-corrected chi connectivity index (χ3v) is 5.96. The van der Waals surface area contributed by atoms with E-state index in [0.29, 0.717) is 22.0 Å². The van der Waals surface area contributed by atoms with E-state index in [2.05, 4.69) is 42.6 Å². The molecule has 0 aliphatic heterocycles. The van der Waals surface area contributed by atoms with E-state index in [1.807, 2.05) is 12.1 Å². The number of hydrogen-bond acceptors (Lipinski definition) is 3. The highest BCUT2D eigenvalue weighted by Gasteiger charge is 2.33. The number of aryl methyl sites for hydroxylation is 1. The van der Waals surface area contributed by atoms with Gasteiger partial charge in [-0.15, -0.1) is 11.3 Å². The van der Waals surface area contributed by atoms with Crippen molar-refractivity contribution in [2.75, 3.05) is 5.32 Å². The molecule has 1 heterocycles. The number of nitrogens with zero attached hydrogens (tertiary/aromatic N) is 1. The molecular weight excluding hydrogens is 371 g/mol. The van der Waals surface area contributed by atoms with Crippen molar-refractivity contribution in [3.8, 4) is 11.3 Å². The normalized spacial score (nSPS) is 15.2. The van der Waals surface area contributed by atoms with Crippen LogP contribution >= 0.6 is 34.5 Å². The number of benzene rings is 2. The van der Waals surface area contributed by atoms with Gasteiger partial charge in [-0.25, -0.2) is 4.98 Å². The van der Waals surface area contributed by atoms with Crippen LogP contribution in [0.25, 0.3) is 11.3 Å². The summed E-state index contributed by atoms with van der Waals surface area (Å²) in [4.78, 5) is 5.97. The van der Waals surface area contributed by atoms with E-state index in [1.165, 1.54) is 18.4 Å². The molecule has 0 spiro atoms. The third-order valence-electron chi connectivity index (χ3n) is 4.51. The van der Waals surface area contributed by atoms with E-state index in [-0.39, 0.29) is 0 Å². The van der Waals surface area contributed by atoms with Crippen molar-refractivity contribution in [3.05, 3.63) is 69.0 Å². The topological polar surface area (TPSA) is 24.9 Å². The van der Waals surface area contributed by atoms with Gasteiger partial charge in [0.25, 0.3) is 0 Å². The number of rotatable bonds is 5. The van der Waals surface area contributed by atoms with Crippen molar-refractivity contribution < 1.29 is 0 Å². The monoisotopic (exact) mass is 388 g/mol. The predicted octanol–water partition coefficient (Wildman–Crippen LogP) is 6.99. The van der Waals surface area contributed by atoms with Crippen LogP contribution in [-0.2, 0) is 0 Å². The first-order chi connectivity index (χ1) is 12.1. The van der Waals surface area contributed by atoms with Crippen molar-refractivity contribution >= 4 is 39.7 Å². The number of hydrogen-bond donors (Lipinski definition) is 1. The summed E-state index contributed by atoms with van der Waals surface area (Å²) in [7, 11) is 0. The summed E-state index contributed by atoms with van der Waals surface area (Å²) in [6, 6.07) is 16.5. The molecule has 0 amide bonds. The highest BCUT2D eigenvalue weighted by molar-refractivity contribution is 7.16. The van der Waals surface area contributed by atoms with E-state index in [9.17, 15) is 0 Å². The molecule has 1 aliphatic rings. The summed E-state index contributed by atoms with van der Waals surface area (Å²) >= 11 is 14.1. The fourth-order valence-corrected chi connectivity index (χ4v) is 4.45. The first-order valence-corrected chi connectivity index (χ1v) is 9.93. The molecule has 2 aromatic carbocycles. The lowest BCUT2D eigenvalue weighted by atomic mass is 10.0. The molecule has 4 rings (SSSR count). The standard InChI is InChI=1S/C20H18Cl2N2S/c1-12-18(16-10-9-15(21)11-17(16)22)23-20(25-12)24-19(14-7-8-14)13-5-3-2-4-6-13/h2-6,9-11,14,19H,7-8H2,1H3,(H,23,24). The quantitative estimate of drug-likeness (QED) is 0.509. The van der Waals surface area contributed by atoms with E-state index in [1.54, 1.807) is 17.4 Å². The molecule has 1 atom stereocenters. The van der Waals surface area contributed by atoms with Gasteiger partial charge in [-0.2, -0.15) is 0 Å². The SMILES string of the molecule is Cc1sc(NC(c2ccccc2)C2CC2)nc1-c1ccc(Cl)cc1Cl. The molecule has 0 radical (unpaired) electrons. The number of thiazole rings is 1. The lowest BCUT2D eigenvalue weighted by Gasteiger charge is -2.18. The summed E-state index contributed by atoms with van der Waals surface area (Å²) in [5.74, 6) is 0.689. The molecule has 5 heteroatoms. The Balaban J connectivity index is 1.63. The first-order valence-electron chi connectivity index (χ1n) is 8.36. The third kappa shape index (κ3) is 3.69. The van der Waals surface area contributed by atoms with Gasteiger partial charge in [0.2, 0.25) is 0 Å². The molecule has 0 saturated heterocycles. The minimum Gasteiger partial charge on any atom is -0.354 e. The second-order valence-electron chi connectivity index (χ2n) is 6.42. The second kappa shape index (κ2) is 6.99. The van der Waals surface area contributed by atoms with Gasteiger partial charge in [0.15, 0.2) is 5.13 Å². The van der Waals surface area contributed by atoms with Crippen LogP contribution in [0.4, 0.5) is 5.13 Å². The molecule has 1 fully saturated rings. The molecule has 1 saturated carbocycles. The molecule has 128 valence electrons. The Morgan fingerprint density at radius 1 is 1.12 bits per heavy atom. The summed E-state index contributed by atoms with van der Waals surface area (Å²) < 4.78 is 0. The lowest BCUT2D eigenvalue weighted by molar-refractivity contribution is 0.678. The molecule has 1 aliphatic carbocycles. The zero-order valence-corrected chi connectivity index (χ0v) is 16.1. The summed E-state index contributed by atoms with van der Waals surface area (Å²) in [5, 5.41) is 5.87. The van der Waals surface area contributed by atoms with Crippen molar-refractivity contribution in [2.45, 2.75) is 25.8 Å². The molecule has 1 aromatic heterocycles. The Labute approximate surface area is 161 Å². The van der Waals surface area contributed by atoms with Crippen LogP contribution in [0.3, 0.4) is 0 Å². The maximum atomic E-state index is 6.37. The highest BCUT2D eigenvalue weighted by atomic mass is 35.5. The molecule has 2 nitrogen and oxygen atoms in total. The highest BCUT2D eigenvalue weighted by Crippen LogP contribution is 2.44. The second-order valence-corrected chi connectivity index (χ2v) is 8.46. The van der Waals surface area contributed by atoms with Crippen molar-refractivity contribution in [3.63, 3.8) is 0 Å². The Bertz CT molecular complexity index is 888. The number of aromatic nitrogens is 1. The molecule has 0 bridgehead atoms. The molecule has 1 unspecified atom stereocenters. The number of halogens is 2. The Kier molecular flexibility index (Phi) is 4.72. The fraction of sp³-hybridized carbons (Fsp3) is 0.250. The Morgan fingerprint density at radius 3 is 2.56 bits per heavy atom. The van der Waals surface area contributed by atoms with E-state index < -0.39 is 0 Å². The summed E-state index contributed by atoms with van der Waals surface area (Å²) in [6.45, 7) is 2.08. The summed E-state index contributed by atoms with van der Waals surface area (Å²) in [6.07, 6.45) is 2.54. The van der Waals surface area contributed by atoms with Gasteiger partial charge in [0.1, 0.15) is 0 Å². The van der Waals surface area contributed by atoms with Crippen LogP contribution in [0.2, 0.25) is 10.0 Å². The molecular formula is C20H18Cl2N2S. The van der Waals surface area contributed by atoms with E-state index in [0.717, 1.165) is 21.3 Å². The van der Waals surface area contributed by atoms with E-state index in [4.69, 9.17) is 28.2 Å². The average Bonchev–Trinajstić information content (AvgIpc) is 3.37. The maximum absolute atomic E-state index is 6.37. The van der Waals surface area contributed by atoms with Gasteiger partial charge in [-0.1, -0.05) is 53.5 Å². The van der Waals surface area contributed by atoms with Gasteiger partial charge in [-0.3, -0.25) is 0 Å². The summed E-state index contributed by atoms with van der Waals surface area (Å²) in [5.41, 5.74) is 3.18. The van der Waals surface area contributed by atoms with Gasteiger partial charge in [0, 0.05) is 15.5 Å². The van der Waals surface area contributed by atoms with Gasteiger partial charge in [0.05, 0.1) is 16.8 Å². The smallest absolute Gasteiger partial charge is 0.183 e. The lowest BCUT2D eigenvalue weighted by Crippen LogP contribution is -2.12. The van der Waals surface area contributed by atoms with Crippen LogP contribution in [0.15, 0.2) is 48.5 Å². The van der Waals surface area contributed by atoms with Gasteiger partial charge >= 0.3 is 0 Å². The average molecular weight is 389 g/mol. The van der Waals surface area contributed by atoms with Crippen LogP contribution in [-0.4, -0.2) is 4.98 Å². The van der Waals surface area contributed by atoms with Gasteiger partial charge < -0.3 is 5.32 Å². The Morgan fingerprint density at radius 2 is 1.88 bits per heavy atom. The van der Waals surface area contributed by atoms with Crippen molar-refractivity contribution in [1.29, 1.82) is 0 Å². The zero-order chi connectivity index (χ0) is 17.4. The minimum absolute atomic E-state index is 0.320. The first kappa shape index (κ1) is 16.9. The zero-order valence-electron chi connectivity index (χ0n) is 13.8. The largest absolute Gasteiger partial charge is 0.354 e.